The predicted molar refractivity (Wildman–Crippen MR) is 134 cm³/mol. The largest absolute Gasteiger partial charge is 0.404 e. The maximum Gasteiger partial charge on any atom is 0.270 e. The summed E-state index contributed by atoms with van der Waals surface area (Å²) in [6, 6.07) is 4.25. The first-order valence-electron chi connectivity index (χ1n) is 11.8. The van der Waals surface area contributed by atoms with E-state index in [9.17, 15) is 4.79 Å². The minimum absolute atomic E-state index is 0.0569. The van der Waals surface area contributed by atoms with Crippen LogP contribution in [0.4, 0.5) is 11.5 Å². The number of anilines is 2. The molecule has 1 saturated carbocycles. The lowest BCUT2D eigenvalue weighted by atomic mass is 10.2. The SMILES string of the molecule is C=C(/N=C1\C(=C/N)C=C(C(=O)N(C)C)N1C1CCCC1)Nc1ccc(N2CCC(C)C2)cn1. The Kier molecular flexibility index (Phi) is 6.72. The number of rotatable bonds is 6. The van der Waals surface area contributed by atoms with E-state index in [1.54, 1.807) is 19.0 Å². The number of carbonyl (C=O) groups excluding carboxylic acids is 1. The van der Waals surface area contributed by atoms with Gasteiger partial charge in [-0.2, -0.15) is 0 Å². The number of amides is 1. The first kappa shape index (κ1) is 22.9. The highest BCUT2D eigenvalue weighted by molar-refractivity contribution is 6.12. The van der Waals surface area contributed by atoms with E-state index in [1.807, 2.05) is 23.2 Å². The molecule has 0 radical (unpaired) electrons. The maximum absolute atomic E-state index is 12.9. The monoisotopic (exact) mass is 449 g/mol. The Balaban J connectivity index is 1.53. The van der Waals surface area contributed by atoms with Crippen molar-refractivity contribution in [3.05, 3.63) is 54.3 Å². The molecule has 1 amide bonds. The number of hydrogen-bond acceptors (Lipinski definition) is 6. The van der Waals surface area contributed by atoms with Crippen molar-refractivity contribution in [2.45, 2.75) is 45.1 Å². The van der Waals surface area contributed by atoms with Gasteiger partial charge in [0.25, 0.3) is 5.91 Å². The molecule has 0 bridgehead atoms. The smallest absolute Gasteiger partial charge is 0.270 e. The van der Waals surface area contributed by atoms with Crippen LogP contribution in [0.1, 0.15) is 39.0 Å². The number of carbonyl (C=O) groups is 1. The minimum atomic E-state index is -0.0569. The Bertz CT molecular complexity index is 987. The van der Waals surface area contributed by atoms with E-state index in [4.69, 9.17) is 10.7 Å². The first-order valence-corrected chi connectivity index (χ1v) is 11.8. The molecular weight excluding hydrogens is 414 g/mol. The fourth-order valence-electron chi connectivity index (χ4n) is 4.82. The summed E-state index contributed by atoms with van der Waals surface area (Å²) in [4.78, 5) is 28.2. The van der Waals surface area contributed by atoms with E-state index in [2.05, 4.69) is 34.8 Å². The second-order valence-electron chi connectivity index (χ2n) is 9.41. The molecule has 1 aromatic rings. The topological polar surface area (TPSA) is 90.1 Å². The summed E-state index contributed by atoms with van der Waals surface area (Å²) in [6.07, 6.45) is 10.8. The van der Waals surface area contributed by atoms with Crippen LogP contribution in [0.25, 0.3) is 0 Å². The average molecular weight is 450 g/mol. The zero-order valence-corrected chi connectivity index (χ0v) is 19.9. The highest BCUT2D eigenvalue weighted by atomic mass is 16.2. The van der Waals surface area contributed by atoms with Gasteiger partial charge in [-0.1, -0.05) is 26.3 Å². The number of hydrogen-bond donors (Lipinski definition) is 2. The van der Waals surface area contributed by atoms with Crippen molar-refractivity contribution in [2.75, 3.05) is 37.4 Å². The van der Waals surface area contributed by atoms with Crippen molar-refractivity contribution < 1.29 is 4.79 Å². The molecule has 3 N–H and O–H groups in total. The number of aromatic nitrogens is 1. The van der Waals surface area contributed by atoms with Gasteiger partial charge in [0, 0.05) is 45.0 Å². The van der Waals surface area contributed by atoms with Gasteiger partial charge in [-0.3, -0.25) is 4.79 Å². The molecule has 1 saturated heterocycles. The molecule has 3 heterocycles. The molecule has 2 aliphatic heterocycles. The van der Waals surface area contributed by atoms with Gasteiger partial charge in [0.15, 0.2) is 0 Å². The van der Waals surface area contributed by atoms with Crippen LogP contribution in [0, 0.1) is 5.92 Å². The number of nitrogens with two attached hydrogens (primary N) is 1. The molecular formula is C25H35N7O. The second-order valence-corrected chi connectivity index (χ2v) is 9.41. The highest BCUT2D eigenvalue weighted by Gasteiger charge is 2.37. The van der Waals surface area contributed by atoms with Gasteiger partial charge >= 0.3 is 0 Å². The number of amidine groups is 1. The van der Waals surface area contributed by atoms with Gasteiger partial charge in [0.05, 0.1) is 11.9 Å². The summed E-state index contributed by atoms with van der Waals surface area (Å²) in [7, 11) is 3.52. The van der Waals surface area contributed by atoms with Gasteiger partial charge < -0.3 is 25.8 Å². The van der Waals surface area contributed by atoms with Crippen LogP contribution in [0.15, 0.2) is 59.3 Å². The fourth-order valence-corrected chi connectivity index (χ4v) is 4.82. The van der Waals surface area contributed by atoms with Crippen LogP contribution in [0.2, 0.25) is 0 Å². The first-order chi connectivity index (χ1) is 15.9. The van der Waals surface area contributed by atoms with Crippen LogP contribution in [-0.4, -0.2) is 59.8 Å². The lowest BCUT2D eigenvalue weighted by molar-refractivity contribution is -0.126. The number of nitrogens with zero attached hydrogens (tertiary/aromatic N) is 5. The van der Waals surface area contributed by atoms with E-state index < -0.39 is 0 Å². The van der Waals surface area contributed by atoms with Crippen LogP contribution in [-0.2, 0) is 4.79 Å². The third-order valence-electron chi connectivity index (χ3n) is 6.58. The molecule has 0 aromatic carbocycles. The molecule has 2 fully saturated rings. The maximum atomic E-state index is 12.9. The van der Waals surface area contributed by atoms with E-state index in [0.29, 0.717) is 23.2 Å². The summed E-state index contributed by atoms with van der Waals surface area (Å²) >= 11 is 0. The Morgan fingerprint density at radius 3 is 2.64 bits per heavy atom. The molecule has 1 aromatic heterocycles. The van der Waals surface area contributed by atoms with Gasteiger partial charge in [-0.25, -0.2) is 9.98 Å². The molecule has 8 nitrogen and oxygen atoms in total. The van der Waals surface area contributed by atoms with Crippen molar-refractivity contribution in [1.29, 1.82) is 0 Å². The molecule has 0 spiro atoms. The van der Waals surface area contributed by atoms with Gasteiger partial charge in [-0.05, 0) is 43.4 Å². The van der Waals surface area contributed by atoms with Crippen LogP contribution >= 0.6 is 0 Å². The quantitative estimate of drug-likeness (QED) is 0.693. The van der Waals surface area contributed by atoms with Crippen molar-refractivity contribution in [3.63, 3.8) is 0 Å². The summed E-state index contributed by atoms with van der Waals surface area (Å²) in [5, 5.41) is 3.19. The lowest BCUT2D eigenvalue weighted by Crippen LogP contribution is -2.40. The summed E-state index contributed by atoms with van der Waals surface area (Å²) < 4.78 is 0. The van der Waals surface area contributed by atoms with Gasteiger partial charge in [-0.15, -0.1) is 0 Å². The molecule has 8 heteroatoms. The number of aliphatic imine (C=N–C) groups is 1. The molecule has 4 rings (SSSR count). The molecule has 1 unspecified atom stereocenters. The van der Waals surface area contributed by atoms with Crippen LogP contribution in [0.5, 0.6) is 0 Å². The zero-order valence-electron chi connectivity index (χ0n) is 19.9. The van der Waals surface area contributed by atoms with E-state index >= 15 is 0 Å². The van der Waals surface area contributed by atoms with E-state index in [1.165, 1.54) is 12.6 Å². The van der Waals surface area contributed by atoms with E-state index in [-0.39, 0.29) is 11.9 Å². The molecule has 176 valence electrons. The summed E-state index contributed by atoms with van der Waals surface area (Å²) in [5.74, 6) is 2.46. The standard InChI is InChI=1S/C25H35N7O/c1-17-11-12-31(16-17)21-9-10-23(27-15-21)28-18(2)29-24-19(14-26)13-22(25(33)30(3)4)32(24)20-7-5-6-8-20/h9-10,13-15,17,20H,2,5-8,11-12,16,26H2,1,3-4H3,(H,27,28)/b19-14-,29-24+. The average Bonchev–Trinajstić information content (AvgIpc) is 3.53. The highest BCUT2D eigenvalue weighted by Crippen LogP contribution is 2.34. The third-order valence-corrected chi connectivity index (χ3v) is 6.58. The Morgan fingerprint density at radius 1 is 1.30 bits per heavy atom. The molecule has 1 atom stereocenters. The van der Waals surface area contributed by atoms with Crippen molar-refractivity contribution >= 4 is 23.2 Å². The third kappa shape index (κ3) is 4.89. The normalized spacial score (nSPS) is 23.5. The Labute approximate surface area is 196 Å². The predicted octanol–water partition coefficient (Wildman–Crippen LogP) is 3.28. The van der Waals surface area contributed by atoms with Crippen molar-refractivity contribution in [3.8, 4) is 0 Å². The minimum Gasteiger partial charge on any atom is -0.404 e. The fraction of sp³-hybridized carbons (Fsp3) is 0.480. The van der Waals surface area contributed by atoms with Crippen LogP contribution < -0.4 is 16.0 Å². The molecule has 33 heavy (non-hydrogen) atoms. The Morgan fingerprint density at radius 2 is 2.06 bits per heavy atom. The summed E-state index contributed by atoms with van der Waals surface area (Å²) in [5.41, 5.74) is 8.40. The van der Waals surface area contributed by atoms with Gasteiger partial charge in [0.2, 0.25) is 0 Å². The van der Waals surface area contributed by atoms with Gasteiger partial charge in [0.1, 0.15) is 23.2 Å². The number of pyridine rings is 1. The van der Waals surface area contributed by atoms with E-state index in [0.717, 1.165) is 56.0 Å². The summed E-state index contributed by atoms with van der Waals surface area (Å²) in [6.45, 7) is 8.52. The zero-order chi connectivity index (χ0) is 23.5. The number of likely N-dealkylation sites (N-methyl/N-ethyl adjacent to an activating group) is 1. The van der Waals surface area contributed by atoms with Crippen molar-refractivity contribution in [2.24, 2.45) is 16.6 Å². The molecule has 3 aliphatic rings. The van der Waals surface area contributed by atoms with Crippen LogP contribution in [0.3, 0.4) is 0 Å². The molecule has 1 aliphatic carbocycles. The lowest BCUT2D eigenvalue weighted by Gasteiger charge is -2.30. The number of nitrogens with one attached hydrogen (secondary N) is 1. The second kappa shape index (κ2) is 9.68. The van der Waals surface area contributed by atoms with Crippen molar-refractivity contribution in [1.82, 2.24) is 14.8 Å². The Hall–Kier alpha value is -3.29.